The molecule has 3 rings (SSSR count). The number of hydrogen-bond acceptors (Lipinski definition) is 3. The Morgan fingerprint density at radius 1 is 1.15 bits per heavy atom. The zero-order valence-electron chi connectivity index (χ0n) is 11.1. The predicted molar refractivity (Wildman–Crippen MR) is 80.9 cm³/mol. The second-order valence-electron chi connectivity index (χ2n) is 4.75. The maximum atomic E-state index is 11.5. The van der Waals surface area contributed by atoms with Crippen molar-refractivity contribution in [1.29, 1.82) is 0 Å². The number of fused-ring (bicyclic) bond motifs is 3. The lowest BCUT2D eigenvalue weighted by Crippen LogP contribution is -2.22. The van der Waals surface area contributed by atoms with Gasteiger partial charge in [-0.1, -0.05) is 42.5 Å². The van der Waals surface area contributed by atoms with Crippen LogP contribution in [0.1, 0.15) is 22.7 Å². The van der Waals surface area contributed by atoms with Crippen molar-refractivity contribution in [2.75, 3.05) is 7.11 Å². The van der Waals surface area contributed by atoms with E-state index < -0.39 is 12.0 Å². The average Bonchev–Trinajstić information content (AvgIpc) is 2.83. The predicted octanol–water partition coefficient (Wildman–Crippen LogP) is 2.85. The Bertz CT molecular complexity index is 655. The molecule has 0 spiro atoms. The van der Waals surface area contributed by atoms with Crippen LogP contribution in [0.4, 0.5) is 0 Å². The van der Waals surface area contributed by atoms with Gasteiger partial charge in [-0.25, -0.2) is 0 Å². The van der Waals surface area contributed by atoms with E-state index in [2.05, 4.69) is 16.9 Å². The van der Waals surface area contributed by atoms with Gasteiger partial charge in [-0.05, 0) is 34.2 Å². The van der Waals surface area contributed by atoms with Gasteiger partial charge in [-0.15, -0.1) is 12.4 Å². The smallest absolute Gasteiger partial charge is 0.327 e. The van der Waals surface area contributed by atoms with E-state index in [0.29, 0.717) is 0 Å². The Hall–Kier alpha value is -1.84. The van der Waals surface area contributed by atoms with E-state index in [0.717, 1.165) is 12.0 Å². The first-order valence-electron chi connectivity index (χ1n) is 6.25. The fourth-order valence-electron chi connectivity index (χ4n) is 2.62. The molecule has 0 amide bonds. The van der Waals surface area contributed by atoms with Crippen LogP contribution in [0.5, 0.6) is 0 Å². The molecule has 0 saturated heterocycles. The number of nitrogens with two attached hydrogens (primary N) is 1. The molecule has 2 aromatic carbocycles. The highest BCUT2D eigenvalue weighted by atomic mass is 35.5. The van der Waals surface area contributed by atoms with Crippen molar-refractivity contribution in [2.45, 2.75) is 12.5 Å². The van der Waals surface area contributed by atoms with Crippen LogP contribution in [0.3, 0.4) is 0 Å². The fraction of sp³-hybridized carbons (Fsp3) is 0.188. The minimum absolute atomic E-state index is 0. The number of carbonyl (C=O) groups is 1. The van der Waals surface area contributed by atoms with Crippen molar-refractivity contribution in [3.8, 4) is 11.1 Å². The molecule has 20 heavy (non-hydrogen) atoms. The largest absolute Gasteiger partial charge is 0.468 e. The molecule has 0 aromatic heterocycles. The van der Waals surface area contributed by atoms with Gasteiger partial charge < -0.3 is 10.5 Å². The number of hydrogen-bond donors (Lipinski definition) is 1. The highest BCUT2D eigenvalue weighted by Gasteiger charge is 2.21. The standard InChI is InChI=1S/C16H15NO2.ClH/c1-19-16(18)15(17)11-6-7-14-12(9-11)8-10-4-2-3-5-13(10)14;/h2-7,9,15H,8,17H2,1H3;1H/t15-;/m1./s1. The Morgan fingerprint density at radius 2 is 1.85 bits per heavy atom. The molecule has 3 nitrogen and oxygen atoms in total. The number of benzene rings is 2. The molecule has 0 unspecified atom stereocenters. The first-order chi connectivity index (χ1) is 9.20. The molecule has 1 aliphatic carbocycles. The van der Waals surface area contributed by atoms with Crippen LogP contribution in [-0.4, -0.2) is 13.1 Å². The first-order valence-corrected chi connectivity index (χ1v) is 6.25. The van der Waals surface area contributed by atoms with E-state index in [4.69, 9.17) is 5.73 Å². The molecule has 1 atom stereocenters. The van der Waals surface area contributed by atoms with E-state index in [-0.39, 0.29) is 12.4 Å². The van der Waals surface area contributed by atoms with Crippen LogP contribution in [0.2, 0.25) is 0 Å². The Balaban J connectivity index is 0.00000147. The van der Waals surface area contributed by atoms with E-state index in [1.807, 2.05) is 30.3 Å². The van der Waals surface area contributed by atoms with Crippen molar-refractivity contribution >= 4 is 18.4 Å². The molecule has 2 N–H and O–H groups in total. The minimum atomic E-state index is -0.709. The summed E-state index contributed by atoms with van der Waals surface area (Å²) >= 11 is 0. The second kappa shape index (κ2) is 5.65. The monoisotopic (exact) mass is 289 g/mol. The summed E-state index contributed by atoms with van der Waals surface area (Å²) in [7, 11) is 1.35. The van der Waals surface area contributed by atoms with Gasteiger partial charge >= 0.3 is 5.97 Å². The lowest BCUT2D eigenvalue weighted by Gasteiger charge is -2.11. The first kappa shape index (κ1) is 14.6. The van der Waals surface area contributed by atoms with Crippen LogP contribution in [0.15, 0.2) is 42.5 Å². The number of halogens is 1. The zero-order chi connectivity index (χ0) is 13.4. The summed E-state index contributed by atoms with van der Waals surface area (Å²) in [6, 6.07) is 13.6. The number of methoxy groups -OCH3 is 1. The number of esters is 1. The lowest BCUT2D eigenvalue weighted by molar-refractivity contribution is -0.142. The van der Waals surface area contributed by atoms with Crippen molar-refractivity contribution in [3.05, 3.63) is 59.2 Å². The summed E-state index contributed by atoms with van der Waals surface area (Å²) in [5, 5.41) is 0. The van der Waals surface area contributed by atoms with Gasteiger partial charge in [0.2, 0.25) is 0 Å². The molecule has 0 bridgehead atoms. The van der Waals surface area contributed by atoms with Crippen LogP contribution >= 0.6 is 12.4 Å². The zero-order valence-corrected chi connectivity index (χ0v) is 11.9. The lowest BCUT2D eigenvalue weighted by atomic mass is 10.00. The van der Waals surface area contributed by atoms with Gasteiger partial charge in [0, 0.05) is 0 Å². The van der Waals surface area contributed by atoms with Gasteiger partial charge in [-0.3, -0.25) is 4.79 Å². The summed E-state index contributed by atoms with van der Waals surface area (Å²) in [6.45, 7) is 0. The molecule has 104 valence electrons. The molecule has 0 radical (unpaired) electrons. The molecule has 0 saturated carbocycles. The molecular weight excluding hydrogens is 274 g/mol. The summed E-state index contributed by atoms with van der Waals surface area (Å²) in [6.07, 6.45) is 0.896. The second-order valence-corrected chi connectivity index (χ2v) is 4.75. The Morgan fingerprint density at radius 3 is 2.60 bits per heavy atom. The van der Waals surface area contributed by atoms with Crippen LogP contribution in [0.25, 0.3) is 11.1 Å². The Kier molecular flexibility index (Phi) is 4.12. The van der Waals surface area contributed by atoms with Crippen LogP contribution in [-0.2, 0) is 16.0 Å². The normalized spacial score (nSPS) is 12.9. The molecule has 2 aromatic rings. The summed E-state index contributed by atoms with van der Waals surface area (Å²) < 4.78 is 4.68. The highest BCUT2D eigenvalue weighted by Crippen LogP contribution is 2.37. The molecular formula is C16H16ClNO2. The highest BCUT2D eigenvalue weighted by molar-refractivity contribution is 5.85. The van der Waals surface area contributed by atoms with Crippen LogP contribution in [0, 0.1) is 0 Å². The van der Waals surface area contributed by atoms with Crippen molar-refractivity contribution in [3.63, 3.8) is 0 Å². The van der Waals surface area contributed by atoms with Gasteiger partial charge in [0.05, 0.1) is 7.11 Å². The molecule has 1 aliphatic rings. The van der Waals surface area contributed by atoms with Crippen LogP contribution < -0.4 is 5.73 Å². The van der Waals surface area contributed by atoms with Crippen molar-refractivity contribution in [1.82, 2.24) is 0 Å². The van der Waals surface area contributed by atoms with E-state index in [1.54, 1.807) is 0 Å². The summed E-state index contributed by atoms with van der Waals surface area (Å²) in [5.74, 6) is -0.407. The topological polar surface area (TPSA) is 52.3 Å². The van der Waals surface area contributed by atoms with E-state index >= 15 is 0 Å². The molecule has 0 fully saturated rings. The third kappa shape index (κ3) is 2.30. The fourth-order valence-corrected chi connectivity index (χ4v) is 2.62. The maximum absolute atomic E-state index is 11.5. The number of ether oxygens (including phenoxy) is 1. The van der Waals surface area contributed by atoms with Crippen molar-refractivity contribution < 1.29 is 9.53 Å². The quantitative estimate of drug-likeness (QED) is 0.738. The van der Waals surface area contributed by atoms with Gasteiger partial charge in [0.25, 0.3) is 0 Å². The van der Waals surface area contributed by atoms with Gasteiger partial charge in [0.1, 0.15) is 6.04 Å². The van der Waals surface area contributed by atoms with Gasteiger partial charge in [-0.2, -0.15) is 0 Å². The van der Waals surface area contributed by atoms with Gasteiger partial charge in [0.15, 0.2) is 0 Å². The molecule has 0 aliphatic heterocycles. The average molecular weight is 290 g/mol. The summed E-state index contributed by atoms with van der Waals surface area (Å²) in [5.41, 5.74) is 11.7. The maximum Gasteiger partial charge on any atom is 0.327 e. The third-order valence-corrected chi connectivity index (χ3v) is 3.63. The SMILES string of the molecule is COC(=O)[C@H](N)c1ccc2c(c1)Cc1ccccc1-2.Cl. The molecule has 4 heteroatoms. The number of carbonyl (C=O) groups excluding carboxylic acids is 1. The van der Waals surface area contributed by atoms with E-state index in [9.17, 15) is 4.79 Å². The van der Waals surface area contributed by atoms with E-state index in [1.165, 1.54) is 29.4 Å². The summed E-state index contributed by atoms with van der Waals surface area (Å²) in [4.78, 5) is 11.5. The van der Waals surface area contributed by atoms with Crippen molar-refractivity contribution in [2.24, 2.45) is 5.73 Å². The Labute approximate surface area is 124 Å². The molecule has 0 heterocycles. The number of rotatable bonds is 2. The third-order valence-electron chi connectivity index (χ3n) is 3.63. The minimum Gasteiger partial charge on any atom is -0.468 e.